The van der Waals surface area contributed by atoms with E-state index < -0.39 is 5.82 Å². The molecule has 0 spiro atoms. The van der Waals surface area contributed by atoms with Crippen molar-refractivity contribution in [3.63, 3.8) is 0 Å². The third-order valence-corrected chi connectivity index (χ3v) is 6.16. The minimum atomic E-state index is -0.424. The van der Waals surface area contributed by atoms with Gasteiger partial charge in [0.15, 0.2) is 0 Å². The molecule has 1 fully saturated rings. The van der Waals surface area contributed by atoms with Gasteiger partial charge in [-0.05, 0) is 25.2 Å². The minimum Gasteiger partial charge on any atom is -0.369 e. The van der Waals surface area contributed by atoms with E-state index >= 15 is 0 Å². The van der Waals surface area contributed by atoms with Gasteiger partial charge in [0.2, 0.25) is 5.95 Å². The number of nitrogens with two attached hydrogens (primary N) is 1. The Bertz CT molecular complexity index is 664. The molecule has 2 aromatic rings. The van der Waals surface area contributed by atoms with Crippen molar-refractivity contribution in [2.45, 2.75) is 43.4 Å². The van der Waals surface area contributed by atoms with Crippen LogP contribution in [0.3, 0.4) is 0 Å². The van der Waals surface area contributed by atoms with E-state index in [9.17, 15) is 4.39 Å². The molecule has 1 saturated carbocycles. The van der Waals surface area contributed by atoms with Gasteiger partial charge in [0.25, 0.3) is 0 Å². The van der Waals surface area contributed by atoms with E-state index in [0.29, 0.717) is 11.5 Å². The van der Waals surface area contributed by atoms with Crippen molar-refractivity contribution in [3.05, 3.63) is 23.0 Å². The number of fused-ring (bicyclic) bond motifs is 1. The largest absolute Gasteiger partial charge is 0.369 e. The van der Waals surface area contributed by atoms with Crippen molar-refractivity contribution >= 4 is 40.3 Å². The molecule has 3 rings (SSSR count). The number of halogens is 2. The lowest BCUT2D eigenvalue weighted by atomic mass is 9.88. The van der Waals surface area contributed by atoms with Crippen LogP contribution in [-0.2, 0) is 6.54 Å². The fourth-order valence-electron chi connectivity index (χ4n) is 3.22. The summed E-state index contributed by atoms with van der Waals surface area (Å²) in [5.41, 5.74) is 7.45. The fourth-order valence-corrected chi connectivity index (χ4v) is 4.33. The van der Waals surface area contributed by atoms with Crippen LogP contribution in [0.25, 0.3) is 11.0 Å². The highest BCUT2D eigenvalue weighted by molar-refractivity contribution is 8.00. The van der Waals surface area contributed by atoms with Gasteiger partial charge in [-0.25, -0.2) is 9.37 Å². The van der Waals surface area contributed by atoms with Crippen LogP contribution in [0.2, 0.25) is 5.02 Å². The molecular formula is C15H19ClFN3S. The molecule has 0 unspecified atom stereocenters. The van der Waals surface area contributed by atoms with Gasteiger partial charge < -0.3 is 10.3 Å². The van der Waals surface area contributed by atoms with Gasteiger partial charge in [-0.1, -0.05) is 30.9 Å². The number of rotatable bonds is 3. The van der Waals surface area contributed by atoms with Crippen molar-refractivity contribution in [1.82, 2.24) is 9.55 Å². The highest BCUT2D eigenvalue weighted by Gasteiger charge is 2.32. The van der Waals surface area contributed by atoms with Crippen molar-refractivity contribution in [1.29, 1.82) is 0 Å². The summed E-state index contributed by atoms with van der Waals surface area (Å²) >= 11 is 7.72. The van der Waals surface area contributed by atoms with Crippen LogP contribution < -0.4 is 5.73 Å². The second-order valence-electron chi connectivity index (χ2n) is 5.76. The number of anilines is 1. The summed E-state index contributed by atoms with van der Waals surface area (Å²) in [7, 11) is 0. The highest BCUT2D eigenvalue weighted by atomic mass is 35.5. The first-order valence-electron chi connectivity index (χ1n) is 7.21. The van der Waals surface area contributed by atoms with E-state index in [0.717, 1.165) is 12.1 Å². The zero-order chi connectivity index (χ0) is 15.0. The Balaban J connectivity index is 2.03. The lowest BCUT2D eigenvalue weighted by Crippen LogP contribution is -2.33. The Kier molecular flexibility index (Phi) is 4.06. The zero-order valence-electron chi connectivity index (χ0n) is 12.0. The number of hydrogen-bond donors (Lipinski definition) is 1. The van der Waals surface area contributed by atoms with Crippen LogP contribution in [0.4, 0.5) is 10.3 Å². The Hall–Kier alpha value is -0.940. The van der Waals surface area contributed by atoms with Gasteiger partial charge >= 0.3 is 0 Å². The number of nitrogens with zero attached hydrogens (tertiary/aromatic N) is 2. The van der Waals surface area contributed by atoms with E-state index in [2.05, 4.69) is 11.2 Å². The average Bonchev–Trinajstić information content (AvgIpc) is 2.76. The molecule has 2 N–H and O–H groups in total. The predicted molar refractivity (Wildman–Crippen MR) is 88.4 cm³/mol. The van der Waals surface area contributed by atoms with Gasteiger partial charge in [-0.15, -0.1) is 0 Å². The van der Waals surface area contributed by atoms with E-state index in [1.54, 1.807) is 6.07 Å². The summed E-state index contributed by atoms with van der Waals surface area (Å²) in [5.74, 6) is 0.0119. The summed E-state index contributed by atoms with van der Waals surface area (Å²) in [4.78, 5) is 4.33. The molecule has 114 valence electrons. The van der Waals surface area contributed by atoms with Crippen molar-refractivity contribution < 1.29 is 4.39 Å². The third-order valence-electron chi connectivity index (χ3n) is 4.46. The predicted octanol–water partition coefficient (Wildman–Crippen LogP) is 4.48. The lowest BCUT2D eigenvalue weighted by Gasteiger charge is -2.36. The first kappa shape index (κ1) is 15.0. The van der Waals surface area contributed by atoms with E-state index in [1.165, 1.54) is 38.2 Å². The van der Waals surface area contributed by atoms with Gasteiger partial charge in [0, 0.05) is 17.4 Å². The standard InChI is InChI=1S/C15H19ClFN3S/c1-21-15(5-3-2-4-6-15)9-20-13-8-11(17)10(16)7-12(13)19-14(20)18/h7-8H,2-6,9H2,1H3,(H2,18,19). The number of aromatic nitrogens is 2. The summed E-state index contributed by atoms with van der Waals surface area (Å²) < 4.78 is 15.9. The molecule has 1 heterocycles. The number of benzene rings is 1. The first-order chi connectivity index (χ1) is 10.0. The Morgan fingerprint density at radius 1 is 1.38 bits per heavy atom. The first-order valence-corrected chi connectivity index (χ1v) is 8.81. The molecule has 3 nitrogen and oxygen atoms in total. The molecule has 0 bridgehead atoms. The van der Waals surface area contributed by atoms with E-state index in [-0.39, 0.29) is 9.77 Å². The van der Waals surface area contributed by atoms with E-state index in [1.807, 2.05) is 16.3 Å². The molecule has 6 heteroatoms. The number of nitrogen functional groups attached to an aromatic ring is 1. The summed E-state index contributed by atoms with van der Waals surface area (Å²) in [6.07, 6.45) is 8.28. The maximum atomic E-state index is 13.8. The summed E-state index contributed by atoms with van der Waals surface area (Å²) in [6.45, 7) is 0.775. The average molecular weight is 328 g/mol. The van der Waals surface area contributed by atoms with Crippen LogP contribution >= 0.6 is 23.4 Å². The Morgan fingerprint density at radius 2 is 2.10 bits per heavy atom. The van der Waals surface area contributed by atoms with Crippen LogP contribution in [-0.4, -0.2) is 20.6 Å². The Labute approximate surface area is 133 Å². The van der Waals surface area contributed by atoms with Crippen molar-refractivity contribution in [3.8, 4) is 0 Å². The van der Waals surface area contributed by atoms with Crippen LogP contribution in [0.1, 0.15) is 32.1 Å². The SMILES string of the molecule is CSC1(Cn2c(N)nc3cc(Cl)c(F)cc32)CCCCC1. The summed E-state index contributed by atoms with van der Waals surface area (Å²) in [6, 6.07) is 2.99. The van der Waals surface area contributed by atoms with Crippen molar-refractivity contribution in [2.75, 3.05) is 12.0 Å². The molecule has 1 aromatic carbocycles. The molecule has 1 aromatic heterocycles. The Morgan fingerprint density at radius 3 is 2.76 bits per heavy atom. The third kappa shape index (κ3) is 2.73. The van der Waals surface area contributed by atoms with Gasteiger partial charge in [0.05, 0.1) is 16.1 Å². The number of hydrogen-bond acceptors (Lipinski definition) is 3. The summed E-state index contributed by atoms with van der Waals surface area (Å²) in [5, 5.41) is 0.0874. The van der Waals surface area contributed by atoms with Gasteiger partial charge in [-0.2, -0.15) is 11.8 Å². The second kappa shape index (κ2) is 5.69. The highest BCUT2D eigenvalue weighted by Crippen LogP contribution is 2.41. The maximum Gasteiger partial charge on any atom is 0.201 e. The molecule has 21 heavy (non-hydrogen) atoms. The molecule has 1 aliphatic rings. The quantitative estimate of drug-likeness (QED) is 0.904. The normalized spacial score (nSPS) is 18.2. The number of imidazole rings is 1. The molecule has 0 saturated heterocycles. The minimum absolute atomic E-state index is 0.0874. The molecule has 0 radical (unpaired) electrons. The molecular weight excluding hydrogens is 309 g/mol. The van der Waals surface area contributed by atoms with Gasteiger partial charge in [0.1, 0.15) is 5.82 Å². The number of thioether (sulfide) groups is 1. The maximum absolute atomic E-state index is 13.8. The topological polar surface area (TPSA) is 43.8 Å². The fraction of sp³-hybridized carbons (Fsp3) is 0.533. The lowest BCUT2D eigenvalue weighted by molar-refractivity contribution is 0.363. The second-order valence-corrected chi connectivity index (χ2v) is 7.44. The van der Waals surface area contributed by atoms with Crippen LogP contribution in [0.15, 0.2) is 12.1 Å². The van der Waals surface area contributed by atoms with Crippen LogP contribution in [0.5, 0.6) is 0 Å². The van der Waals surface area contributed by atoms with Crippen LogP contribution in [0, 0.1) is 5.82 Å². The monoisotopic (exact) mass is 327 g/mol. The van der Waals surface area contributed by atoms with Crippen molar-refractivity contribution in [2.24, 2.45) is 0 Å². The van der Waals surface area contributed by atoms with Gasteiger partial charge in [-0.3, -0.25) is 0 Å². The van der Waals surface area contributed by atoms with E-state index in [4.69, 9.17) is 17.3 Å². The zero-order valence-corrected chi connectivity index (χ0v) is 13.6. The molecule has 1 aliphatic carbocycles. The molecule has 0 atom stereocenters. The smallest absolute Gasteiger partial charge is 0.201 e. The molecule has 0 aliphatic heterocycles. The molecule has 0 amide bonds.